The minimum absolute atomic E-state index is 0.0235. The maximum Gasteiger partial charge on any atom is 0.220 e. The number of hydrogen-bond acceptors (Lipinski definition) is 3. The molecule has 2 heterocycles. The van der Waals surface area contributed by atoms with E-state index in [1.165, 1.54) is 5.56 Å². The van der Waals surface area contributed by atoms with Crippen molar-refractivity contribution in [2.24, 2.45) is 0 Å². The first-order valence-corrected chi connectivity index (χ1v) is 11.9. The average molecular weight is 474 g/mol. The van der Waals surface area contributed by atoms with Crippen molar-refractivity contribution in [3.05, 3.63) is 69.3 Å². The molecule has 3 aromatic rings. The van der Waals surface area contributed by atoms with Gasteiger partial charge in [0.05, 0.1) is 23.3 Å². The summed E-state index contributed by atoms with van der Waals surface area (Å²) < 4.78 is 5.39. The average Bonchev–Trinajstić information content (AvgIpc) is 3.24. The minimum atomic E-state index is -0.131. The zero-order valence-electron chi connectivity index (χ0n) is 18.3. The van der Waals surface area contributed by atoms with E-state index in [0.717, 1.165) is 61.3 Å². The SMILES string of the molecule is CCc1cccc2c([C@@H](CC(=O)NCCN3CCOCC3)c3ccc(Cl)c(Cl)c3)c[nH]c12. The number of aromatic nitrogens is 1. The lowest BCUT2D eigenvalue weighted by molar-refractivity contribution is -0.121. The maximum absolute atomic E-state index is 13.0. The van der Waals surface area contributed by atoms with Crippen molar-refractivity contribution in [3.63, 3.8) is 0 Å². The summed E-state index contributed by atoms with van der Waals surface area (Å²) in [5.41, 5.74) is 4.46. The van der Waals surface area contributed by atoms with Crippen molar-refractivity contribution in [3.8, 4) is 0 Å². The van der Waals surface area contributed by atoms with E-state index in [4.69, 9.17) is 27.9 Å². The van der Waals surface area contributed by atoms with Crippen LogP contribution in [-0.4, -0.2) is 55.2 Å². The number of amides is 1. The van der Waals surface area contributed by atoms with Crippen LogP contribution in [-0.2, 0) is 16.0 Å². The molecule has 4 rings (SSSR count). The van der Waals surface area contributed by atoms with E-state index >= 15 is 0 Å². The number of morpholine rings is 1. The topological polar surface area (TPSA) is 57.4 Å². The highest BCUT2D eigenvalue weighted by Gasteiger charge is 2.23. The first-order valence-electron chi connectivity index (χ1n) is 11.2. The van der Waals surface area contributed by atoms with Crippen molar-refractivity contribution in [2.45, 2.75) is 25.7 Å². The summed E-state index contributed by atoms with van der Waals surface area (Å²) in [5, 5.41) is 5.25. The second-order valence-corrected chi connectivity index (χ2v) is 8.99. The number of para-hydroxylation sites is 1. The normalized spacial score (nSPS) is 15.7. The standard InChI is InChI=1S/C25H29Cl2N3O2/c1-2-17-4-3-5-19-21(16-29-25(17)19)20(18-6-7-22(26)23(27)14-18)15-24(31)28-8-9-30-10-12-32-13-11-30/h3-7,14,16,20,29H,2,8-13,15H2,1H3,(H,28,31)/t20-/m0/s1. The molecule has 1 atom stereocenters. The Hall–Kier alpha value is -2.05. The van der Waals surface area contributed by atoms with E-state index in [9.17, 15) is 4.79 Å². The first-order chi connectivity index (χ1) is 15.6. The molecule has 0 radical (unpaired) electrons. The fourth-order valence-electron chi connectivity index (χ4n) is 4.39. The third-order valence-electron chi connectivity index (χ3n) is 6.18. The predicted octanol–water partition coefficient (Wildman–Crippen LogP) is 5.01. The van der Waals surface area contributed by atoms with Crippen LogP contribution in [0.5, 0.6) is 0 Å². The van der Waals surface area contributed by atoms with Crippen LogP contribution in [0.2, 0.25) is 10.0 Å². The third kappa shape index (κ3) is 5.29. The van der Waals surface area contributed by atoms with Gasteiger partial charge in [-0.25, -0.2) is 0 Å². The fourth-order valence-corrected chi connectivity index (χ4v) is 4.70. The van der Waals surface area contributed by atoms with Gasteiger partial charge in [-0.15, -0.1) is 0 Å². The molecule has 32 heavy (non-hydrogen) atoms. The summed E-state index contributed by atoms with van der Waals surface area (Å²) in [6, 6.07) is 12.0. The van der Waals surface area contributed by atoms with Crippen LogP contribution < -0.4 is 5.32 Å². The molecule has 1 aromatic heterocycles. The number of H-pyrrole nitrogens is 1. The Balaban J connectivity index is 1.56. The summed E-state index contributed by atoms with van der Waals surface area (Å²) in [7, 11) is 0. The van der Waals surface area contributed by atoms with E-state index < -0.39 is 0 Å². The van der Waals surface area contributed by atoms with Crippen LogP contribution in [0.3, 0.4) is 0 Å². The molecule has 1 amide bonds. The van der Waals surface area contributed by atoms with Crippen molar-refractivity contribution in [1.82, 2.24) is 15.2 Å². The second-order valence-electron chi connectivity index (χ2n) is 8.17. The number of benzene rings is 2. The fraction of sp³-hybridized carbons (Fsp3) is 0.400. The van der Waals surface area contributed by atoms with Gasteiger partial charge in [0, 0.05) is 55.6 Å². The summed E-state index contributed by atoms with van der Waals surface area (Å²) in [6.45, 7) is 6.95. The summed E-state index contributed by atoms with van der Waals surface area (Å²) in [4.78, 5) is 18.7. The number of aromatic amines is 1. The second kappa shape index (κ2) is 10.7. The van der Waals surface area contributed by atoms with E-state index in [1.807, 2.05) is 18.3 Å². The van der Waals surface area contributed by atoms with Gasteiger partial charge in [0.25, 0.3) is 0 Å². The molecular weight excluding hydrogens is 445 g/mol. The first kappa shape index (κ1) is 23.1. The van der Waals surface area contributed by atoms with Crippen LogP contribution in [0.1, 0.15) is 36.0 Å². The van der Waals surface area contributed by atoms with E-state index in [2.05, 4.69) is 40.3 Å². The minimum Gasteiger partial charge on any atom is -0.379 e. The Morgan fingerprint density at radius 2 is 2.00 bits per heavy atom. The summed E-state index contributed by atoms with van der Waals surface area (Å²) in [6.07, 6.45) is 3.30. The quantitative estimate of drug-likeness (QED) is 0.483. The van der Waals surface area contributed by atoms with Crippen LogP contribution in [0.25, 0.3) is 10.9 Å². The van der Waals surface area contributed by atoms with Crippen LogP contribution in [0, 0.1) is 0 Å². The molecule has 5 nitrogen and oxygen atoms in total. The van der Waals surface area contributed by atoms with Crippen molar-refractivity contribution >= 4 is 40.0 Å². The Kier molecular flexibility index (Phi) is 7.74. The Morgan fingerprint density at radius 1 is 1.19 bits per heavy atom. The molecule has 2 aromatic carbocycles. The third-order valence-corrected chi connectivity index (χ3v) is 6.92. The van der Waals surface area contributed by atoms with Crippen LogP contribution in [0.4, 0.5) is 0 Å². The number of ether oxygens (including phenoxy) is 1. The van der Waals surface area contributed by atoms with Gasteiger partial charge in [0.15, 0.2) is 0 Å². The number of carbonyl (C=O) groups is 1. The molecule has 170 valence electrons. The largest absolute Gasteiger partial charge is 0.379 e. The van der Waals surface area contributed by atoms with Crippen molar-refractivity contribution in [1.29, 1.82) is 0 Å². The van der Waals surface area contributed by atoms with Crippen molar-refractivity contribution in [2.75, 3.05) is 39.4 Å². The molecule has 0 spiro atoms. The molecule has 1 aliphatic rings. The number of nitrogens with zero attached hydrogens (tertiary/aromatic N) is 1. The van der Waals surface area contributed by atoms with Gasteiger partial charge in [0.1, 0.15) is 0 Å². The van der Waals surface area contributed by atoms with E-state index in [1.54, 1.807) is 6.07 Å². The number of halogens is 2. The highest BCUT2D eigenvalue weighted by Crippen LogP contribution is 2.36. The number of nitrogens with one attached hydrogen (secondary N) is 2. The van der Waals surface area contributed by atoms with Crippen LogP contribution in [0.15, 0.2) is 42.6 Å². The molecular formula is C25H29Cl2N3O2. The van der Waals surface area contributed by atoms with E-state index in [0.29, 0.717) is 23.0 Å². The summed E-state index contributed by atoms with van der Waals surface area (Å²) >= 11 is 12.5. The monoisotopic (exact) mass is 473 g/mol. The molecule has 0 unspecified atom stereocenters. The highest BCUT2D eigenvalue weighted by molar-refractivity contribution is 6.42. The maximum atomic E-state index is 13.0. The number of rotatable bonds is 8. The number of hydrogen-bond donors (Lipinski definition) is 2. The van der Waals surface area contributed by atoms with Gasteiger partial charge in [-0.2, -0.15) is 0 Å². The number of carbonyl (C=O) groups excluding carboxylic acids is 1. The molecule has 1 fully saturated rings. The lowest BCUT2D eigenvalue weighted by Gasteiger charge is -2.26. The van der Waals surface area contributed by atoms with Gasteiger partial charge in [-0.1, -0.05) is 54.4 Å². The lowest BCUT2D eigenvalue weighted by atomic mass is 9.87. The van der Waals surface area contributed by atoms with Gasteiger partial charge in [-0.3, -0.25) is 9.69 Å². The highest BCUT2D eigenvalue weighted by atomic mass is 35.5. The van der Waals surface area contributed by atoms with Gasteiger partial charge >= 0.3 is 0 Å². The zero-order valence-corrected chi connectivity index (χ0v) is 19.8. The zero-order chi connectivity index (χ0) is 22.5. The molecule has 2 N–H and O–H groups in total. The Bertz CT molecular complexity index is 1080. The van der Waals surface area contributed by atoms with Gasteiger partial charge in [-0.05, 0) is 35.2 Å². The van der Waals surface area contributed by atoms with Gasteiger partial charge < -0.3 is 15.0 Å². The smallest absolute Gasteiger partial charge is 0.220 e. The predicted molar refractivity (Wildman–Crippen MR) is 131 cm³/mol. The molecule has 0 aliphatic carbocycles. The van der Waals surface area contributed by atoms with Crippen molar-refractivity contribution < 1.29 is 9.53 Å². The molecule has 0 bridgehead atoms. The Morgan fingerprint density at radius 3 is 2.75 bits per heavy atom. The lowest BCUT2D eigenvalue weighted by Crippen LogP contribution is -2.41. The van der Waals surface area contributed by atoms with Gasteiger partial charge in [0.2, 0.25) is 5.91 Å². The number of aryl methyl sites for hydroxylation is 1. The molecule has 0 saturated carbocycles. The van der Waals surface area contributed by atoms with Crippen LogP contribution >= 0.6 is 23.2 Å². The van der Waals surface area contributed by atoms with E-state index in [-0.39, 0.29) is 11.8 Å². The number of fused-ring (bicyclic) bond motifs is 1. The summed E-state index contributed by atoms with van der Waals surface area (Å²) in [5.74, 6) is -0.107. The molecule has 1 saturated heterocycles. The molecule has 7 heteroatoms. The Labute approximate surface area is 199 Å². The molecule has 1 aliphatic heterocycles.